The molecule has 0 saturated carbocycles. The maximum absolute atomic E-state index is 12.2. The summed E-state index contributed by atoms with van der Waals surface area (Å²) in [5, 5.41) is 14.2. The molecule has 0 aliphatic carbocycles. The van der Waals surface area contributed by atoms with Crippen molar-refractivity contribution < 1.29 is 9.59 Å². The zero-order chi connectivity index (χ0) is 22.8. The monoisotopic (exact) mass is 429 g/mol. The Balaban J connectivity index is 1.53. The zero-order valence-electron chi connectivity index (χ0n) is 18.3. The molecule has 3 rings (SSSR count). The lowest BCUT2D eigenvalue weighted by Gasteiger charge is -2.17. The minimum absolute atomic E-state index is 0.0393. The number of nitrogens with one attached hydrogen (secondary N) is 2. The predicted molar refractivity (Wildman–Crippen MR) is 128 cm³/mol. The molecule has 2 N–H and O–H groups in total. The highest BCUT2D eigenvalue weighted by Gasteiger charge is 2.07. The number of carbonyl (C=O) groups excluding carboxylic acids is 2. The Labute approximate surface area is 188 Å². The van der Waals surface area contributed by atoms with E-state index in [-0.39, 0.29) is 11.8 Å². The van der Waals surface area contributed by atoms with Gasteiger partial charge in [-0.3, -0.25) is 14.5 Å². The second-order valence-corrected chi connectivity index (χ2v) is 7.12. The van der Waals surface area contributed by atoms with E-state index in [0.29, 0.717) is 29.2 Å². The topological polar surface area (TPSA) is 86.2 Å². The van der Waals surface area contributed by atoms with Gasteiger partial charge >= 0.3 is 0 Å². The lowest BCUT2D eigenvalue weighted by Crippen LogP contribution is -2.32. The van der Waals surface area contributed by atoms with Crippen molar-refractivity contribution in [3.8, 4) is 0 Å². The Bertz CT molecular complexity index is 1040. The molecule has 0 aromatic heterocycles. The first-order valence-electron chi connectivity index (χ1n) is 10.6. The number of anilines is 2. The molecule has 164 valence electrons. The lowest BCUT2D eigenvalue weighted by atomic mass is 10.2. The summed E-state index contributed by atoms with van der Waals surface area (Å²) >= 11 is 0. The van der Waals surface area contributed by atoms with Crippen LogP contribution < -0.4 is 10.6 Å². The van der Waals surface area contributed by atoms with Gasteiger partial charge in [0.15, 0.2) is 0 Å². The molecular weight excluding hydrogens is 402 g/mol. The number of amides is 2. The maximum Gasteiger partial charge on any atom is 0.255 e. The molecule has 0 atom stereocenters. The number of benzene rings is 3. The van der Waals surface area contributed by atoms with Crippen LogP contribution in [0, 0.1) is 0 Å². The molecule has 0 bridgehead atoms. The summed E-state index contributed by atoms with van der Waals surface area (Å²) in [7, 11) is 0. The first-order valence-corrected chi connectivity index (χ1v) is 10.6. The Morgan fingerprint density at radius 3 is 1.72 bits per heavy atom. The minimum Gasteiger partial charge on any atom is -0.325 e. The van der Waals surface area contributed by atoms with Crippen LogP contribution in [0.2, 0.25) is 0 Å². The van der Waals surface area contributed by atoms with E-state index in [2.05, 4.69) is 25.8 Å². The Morgan fingerprint density at radius 1 is 0.719 bits per heavy atom. The quantitative estimate of drug-likeness (QED) is 0.432. The normalized spacial score (nSPS) is 11.0. The third-order valence-corrected chi connectivity index (χ3v) is 4.85. The van der Waals surface area contributed by atoms with Gasteiger partial charge < -0.3 is 10.6 Å². The number of hydrogen-bond acceptors (Lipinski definition) is 5. The van der Waals surface area contributed by atoms with E-state index in [1.165, 1.54) is 0 Å². The zero-order valence-corrected chi connectivity index (χ0v) is 18.3. The molecule has 7 nitrogen and oxygen atoms in total. The van der Waals surface area contributed by atoms with E-state index < -0.39 is 0 Å². The Kier molecular flexibility index (Phi) is 8.22. The van der Waals surface area contributed by atoms with E-state index in [4.69, 9.17) is 0 Å². The number of azo groups is 1. The summed E-state index contributed by atoms with van der Waals surface area (Å²) in [5.74, 6) is -0.202. The van der Waals surface area contributed by atoms with Crippen molar-refractivity contribution >= 4 is 34.6 Å². The van der Waals surface area contributed by atoms with Crippen molar-refractivity contribution in [2.45, 2.75) is 13.8 Å². The first kappa shape index (κ1) is 22.8. The van der Waals surface area contributed by atoms with Gasteiger partial charge in [0, 0.05) is 16.9 Å². The summed E-state index contributed by atoms with van der Waals surface area (Å²) in [5.41, 5.74) is 3.35. The van der Waals surface area contributed by atoms with Gasteiger partial charge in [0.05, 0.1) is 17.9 Å². The van der Waals surface area contributed by atoms with E-state index in [1.54, 1.807) is 60.7 Å². The van der Waals surface area contributed by atoms with Crippen LogP contribution in [-0.2, 0) is 4.79 Å². The van der Waals surface area contributed by atoms with E-state index in [0.717, 1.165) is 18.8 Å². The van der Waals surface area contributed by atoms with Crippen molar-refractivity contribution in [3.63, 3.8) is 0 Å². The molecule has 0 spiro atoms. The summed E-state index contributed by atoms with van der Waals surface area (Å²) in [6.07, 6.45) is 0. The van der Waals surface area contributed by atoms with Gasteiger partial charge in [-0.05, 0) is 73.8 Å². The van der Waals surface area contributed by atoms with Crippen molar-refractivity contribution in [3.05, 3.63) is 84.4 Å². The maximum atomic E-state index is 12.2. The minimum atomic E-state index is -0.163. The molecular formula is C25H27N5O2. The van der Waals surface area contributed by atoms with Gasteiger partial charge in [-0.25, -0.2) is 0 Å². The fourth-order valence-corrected chi connectivity index (χ4v) is 2.98. The summed E-state index contributed by atoms with van der Waals surface area (Å²) in [6, 6.07) is 23.4. The number of hydrogen-bond donors (Lipinski definition) is 2. The second-order valence-electron chi connectivity index (χ2n) is 7.12. The molecule has 0 fully saturated rings. The van der Waals surface area contributed by atoms with Gasteiger partial charge in [-0.2, -0.15) is 10.2 Å². The van der Waals surface area contributed by atoms with Crippen LogP contribution in [0.5, 0.6) is 0 Å². The summed E-state index contributed by atoms with van der Waals surface area (Å²) in [6.45, 7) is 6.11. The molecule has 0 aliphatic rings. The third-order valence-electron chi connectivity index (χ3n) is 4.85. The average Bonchev–Trinajstić information content (AvgIpc) is 2.83. The largest absolute Gasteiger partial charge is 0.325 e. The van der Waals surface area contributed by atoms with E-state index in [1.807, 2.05) is 32.0 Å². The predicted octanol–water partition coefficient (Wildman–Crippen LogP) is 5.63. The second kappa shape index (κ2) is 11.5. The van der Waals surface area contributed by atoms with Crippen LogP contribution in [0.25, 0.3) is 0 Å². The van der Waals surface area contributed by atoms with Gasteiger partial charge in [0.1, 0.15) is 0 Å². The van der Waals surface area contributed by atoms with Gasteiger partial charge in [0.2, 0.25) is 5.91 Å². The van der Waals surface area contributed by atoms with Crippen molar-refractivity contribution in [1.82, 2.24) is 4.90 Å². The lowest BCUT2D eigenvalue weighted by molar-refractivity contribution is -0.117. The number of rotatable bonds is 9. The van der Waals surface area contributed by atoms with Gasteiger partial charge in [0.25, 0.3) is 5.91 Å². The molecule has 7 heteroatoms. The molecule has 3 aromatic carbocycles. The highest BCUT2D eigenvalue weighted by atomic mass is 16.2. The van der Waals surface area contributed by atoms with Gasteiger partial charge in [-0.1, -0.05) is 32.0 Å². The van der Waals surface area contributed by atoms with E-state index in [9.17, 15) is 9.59 Å². The molecule has 0 aliphatic heterocycles. The summed E-state index contributed by atoms with van der Waals surface area (Å²) in [4.78, 5) is 26.3. The SMILES string of the molecule is CCN(CC)CC(=O)Nc1ccc(N=Nc2ccc(NC(=O)c3ccccc3)cc2)cc1. The smallest absolute Gasteiger partial charge is 0.255 e. The molecule has 0 unspecified atom stereocenters. The molecule has 0 radical (unpaired) electrons. The first-order chi connectivity index (χ1) is 15.6. The van der Waals surface area contributed by atoms with Crippen LogP contribution in [-0.4, -0.2) is 36.3 Å². The van der Waals surface area contributed by atoms with Crippen LogP contribution >= 0.6 is 0 Å². The number of nitrogens with zero attached hydrogens (tertiary/aromatic N) is 3. The van der Waals surface area contributed by atoms with Crippen LogP contribution in [0.15, 0.2) is 89.1 Å². The van der Waals surface area contributed by atoms with E-state index >= 15 is 0 Å². The standard InChI is InChI=1S/C25H27N5O2/c1-3-30(4-2)18-24(31)26-20-10-14-22(15-11-20)28-29-23-16-12-21(13-17-23)27-25(32)19-8-6-5-7-9-19/h5-17H,3-4,18H2,1-2H3,(H,26,31)(H,27,32). The van der Waals surface area contributed by atoms with Crippen LogP contribution in [0.1, 0.15) is 24.2 Å². The average molecular weight is 430 g/mol. The number of likely N-dealkylation sites (N-methyl/N-ethyl adjacent to an activating group) is 1. The van der Waals surface area contributed by atoms with Crippen LogP contribution in [0.4, 0.5) is 22.7 Å². The third kappa shape index (κ3) is 6.85. The number of carbonyl (C=O) groups is 2. The fraction of sp³-hybridized carbons (Fsp3) is 0.200. The highest BCUT2D eigenvalue weighted by molar-refractivity contribution is 6.04. The molecule has 2 amide bonds. The summed E-state index contributed by atoms with van der Waals surface area (Å²) < 4.78 is 0. The van der Waals surface area contributed by atoms with Crippen molar-refractivity contribution in [1.29, 1.82) is 0 Å². The fourth-order valence-electron chi connectivity index (χ4n) is 2.98. The molecule has 3 aromatic rings. The molecule has 0 saturated heterocycles. The molecule has 32 heavy (non-hydrogen) atoms. The molecule has 0 heterocycles. The van der Waals surface area contributed by atoms with Crippen LogP contribution in [0.3, 0.4) is 0 Å². The Morgan fingerprint density at radius 2 is 1.22 bits per heavy atom. The van der Waals surface area contributed by atoms with Crippen molar-refractivity contribution in [2.24, 2.45) is 10.2 Å². The highest BCUT2D eigenvalue weighted by Crippen LogP contribution is 2.22. The Hall–Kier alpha value is -3.84. The van der Waals surface area contributed by atoms with Crippen molar-refractivity contribution in [2.75, 3.05) is 30.3 Å². The van der Waals surface area contributed by atoms with Gasteiger partial charge in [-0.15, -0.1) is 0 Å².